The third-order valence-electron chi connectivity index (χ3n) is 5.24. The van der Waals surface area contributed by atoms with Gasteiger partial charge < -0.3 is 10.2 Å². The summed E-state index contributed by atoms with van der Waals surface area (Å²) in [7, 11) is 2.24. The van der Waals surface area contributed by atoms with E-state index in [0.717, 1.165) is 25.2 Å². The van der Waals surface area contributed by atoms with Crippen molar-refractivity contribution < 1.29 is 0 Å². The Balaban J connectivity index is 1.78. The molecule has 4 nitrogen and oxygen atoms in total. The minimum atomic E-state index is 0.572. The van der Waals surface area contributed by atoms with E-state index in [1.54, 1.807) is 0 Å². The predicted molar refractivity (Wildman–Crippen MR) is 107 cm³/mol. The van der Waals surface area contributed by atoms with Crippen molar-refractivity contribution in [1.82, 2.24) is 14.7 Å². The van der Waals surface area contributed by atoms with Gasteiger partial charge in [0.2, 0.25) is 0 Å². The maximum absolute atomic E-state index is 5.12. The second-order valence-electron chi connectivity index (χ2n) is 7.09. The summed E-state index contributed by atoms with van der Waals surface area (Å²) in [5.41, 5.74) is 3.97. The minimum Gasteiger partial charge on any atom is -0.370 e. The lowest BCUT2D eigenvalue weighted by Gasteiger charge is -2.29. The van der Waals surface area contributed by atoms with Crippen LogP contribution in [0.3, 0.4) is 0 Å². The molecule has 128 valence electrons. The average molecular weight is 436 g/mol. The smallest absolute Gasteiger partial charge is 0.133 e. The van der Waals surface area contributed by atoms with Gasteiger partial charge in [-0.2, -0.15) is 5.10 Å². The molecule has 1 fully saturated rings. The molecular weight excluding hydrogens is 411 g/mol. The fourth-order valence-corrected chi connectivity index (χ4v) is 4.38. The molecule has 1 saturated heterocycles. The normalized spacial score (nSPS) is 21.8. The first-order chi connectivity index (χ1) is 11.7. The molecule has 0 spiro atoms. The molecule has 1 atom stereocenters. The van der Waals surface area contributed by atoms with Gasteiger partial charge in [-0.05, 0) is 92.6 Å². The lowest BCUT2D eigenvalue weighted by Crippen LogP contribution is -2.31. The van der Waals surface area contributed by atoms with E-state index in [9.17, 15) is 0 Å². The number of anilines is 1. The number of halogens is 1. The van der Waals surface area contributed by atoms with Crippen LogP contribution in [0.5, 0.6) is 0 Å². The van der Waals surface area contributed by atoms with Crippen molar-refractivity contribution in [3.05, 3.63) is 39.1 Å². The molecule has 2 aromatic rings. The van der Waals surface area contributed by atoms with Crippen LogP contribution in [-0.2, 0) is 6.42 Å². The van der Waals surface area contributed by atoms with Crippen LogP contribution in [0, 0.1) is 3.57 Å². The number of piperidine rings is 1. The van der Waals surface area contributed by atoms with Crippen LogP contribution in [-0.4, -0.2) is 41.4 Å². The molecule has 3 heterocycles. The molecular formula is C19H25IN4. The maximum atomic E-state index is 5.12. The number of rotatable bonds is 2. The Morgan fingerprint density at radius 1 is 1.17 bits per heavy atom. The lowest BCUT2D eigenvalue weighted by atomic mass is 9.91. The summed E-state index contributed by atoms with van der Waals surface area (Å²) >= 11 is 2.36. The fourth-order valence-electron chi connectivity index (χ4n) is 4.02. The van der Waals surface area contributed by atoms with Gasteiger partial charge >= 0.3 is 0 Å². The molecule has 0 radical (unpaired) electrons. The summed E-state index contributed by atoms with van der Waals surface area (Å²) < 4.78 is 3.41. The highest BCUT2D eigenvalue weighted by atomic mass is 127. The molecule has 0 amide bonds. The van der Waals surface area contributed by atoms with E-state index >= 15 is 0 Å². The van der Waals surface area contributed by atoms with Gasteiger partial charge in [0.15, 0.2) is 0 Å². The van der Waals surface area contributed by atoms with Gasteiger partial charge in [0.1, 0.15) is 5.82 Å². The molecule has 4 rings (SSSR count). The summed E-state index contributed by atoms with van der Waals surface area (Å²) in [5, 5.41) is 8.78. The standard InChI is InChI=1S/C19H25IN4/c1-23-12-4-5-14(13-23)18-17-6-2-3-11-21-19(17)24(22-18)16-9-7-15(20)8-10-16/h7-10,14,21H,2-6,11-13H2,1H3. The molecule has 1 aromatic heterocycles. The summed E-state index contributed by atoms with van der Waals surface area (Å²) in [6.45, 7) is 3.40. The summed E-state index contributed by atoms with van der Waals surface area (Å²) in [4.78, 5) is 2.45. The summed E-state index contributed by atoms with van der Waals surface area (Å²) in [6, 6.07) is 8.68. The van der Waals surface area contributed by atoms with Crippen molar-refractivity contribution in [2.45, 2.75) is 38.0 Å². The van der Waals surface area contributed by atoms with Crippen LogP contribution >= 0.6 is 22.6 Å². The molecule has 5 heteroatoms. The number of hydrogen-bond donors (Lipinski definition) is 1. The van der Waals surface area contributed by atoms with Crippen molar-refractivity contribution >= 4 is 28.4 Å². The zero-order chi connectivity index (χ0) is 16.5. The highest BCUT2D eigenvalue weighted by molar-refractivity contribution is 14.1. The Bertz CT molecular complexity index is 707. The summed E-state index contributed by atoms with van der Waals surface area (Å²) in [6.07, 6.45) is 6.20. The van der Waals surface area contributed by atoms with Crippen molar-refractivity contribution in [1.29, 1.82) is 0 Å². The number of fused-ring (bicyclic) bond motifs is 1. The Morgan fingerprint density at radius 3 is 2.79 bits per heavy atom. The Labute approximate surface area is 157 Å². The van der Waals surface area contributed by atoms with Crippen molar-refractivity contribution in [2.75, 3.05) is 32.0 Å². The maximum Gasteiger partial charge on any atom is 0.133 e. The first-order valence-corrected chi connectivity index (χ1v) is 10.1. The Morgan fingerprint density at radius 2 is 2.00 bits per heavy atom. The van der Waals surface area contributed by atoms with Crippen LogP contribution in [0.1, 0.15) is 42.9 Å². The van der Waals surface area contributed by atoms with E-state index in [4.69, 9.17) is 5.10 Å². The molecule has 0 bridgehead atoms. The van der Waals surface area contributed by atoms with Crippen molar-refractivity contribution in [3.63, 3.8) is 0 Å². The third-order valence-corrected chi connectivity index (χ3v) is 5.96. The van der Waals surface area contributed by atoms with E-state index in [0.29, 0.717) is 5.92 Å². The number of aromatic nitrogens is 2. The van der Waals surface area contributed by atoms with Gasteiger partial charge in [-0.25, -0.2) is 4.68 Å². The number of likely N-dealkylation sites (N-methyl/N-ethyl adjacent to an activating group) is 1. The molecule has 1 N–H and O–H groups in total. The topological polar surface area (TPSA) is 33.1 Å². The fraction of sp³-hybridized carbons (Fsp3) is 0.526. The first-order valence-electron chi connectivity index (χ1n) is 9.02. The molecule has 24 heavy (non-hydrogen) atoms. The third kappa shape index (κ3) is 3.20. The number of nitrogens with one attached hydrogen (secondary N) is 1. The zero-order valence-electron chi connectivity index (χ0n) is 14.3. The van der Waals surface area contributed by atoms with Gasteiger partial charge in [-0.1, -0.05) is 0 Å². The van der Waals surface area contributed by atoms with Crippen LogP contribution in [0.2, 0.25) is 0 Å². The first kappa shape index (κ1) is 16.4. The molecule has 1 unspecified atom stereocenters. The van der Waals surface area contributed by atoms with Gasteiger partial charge in [0.25, 0.3) is 0 Å². The second kappa shape index (κ2) is 7.04. The predicted octanol–water partition coefficient (Wildman–Crippen LogP) is 4.03. The van der Waals surface area contributed by atoms with Crippen LogP contribution in [0.4, 0.5) is 5.82 Å². The van der Waals surface area contributed by atoms with E-state index in [-0.39, 0.29) is 0 Å². The average Bonchev–Trinajstić information content (AvgIpc) is 2.77. The Hall–Kier alpha value is -1.08. The molecule has 1 aromatic carbocycles. The van der Waals surface area contributed by atoms with Crippen LogP contribution < -0.4 is 5.32 Å². The summed E-state index contributed by atoms with van der Waals surface area (Å²) in [5.74, 6) is 1.81. The molecule has 0 aliphatic carbocycles. The van der Waals surface area contributed by atoms with E-state index in [2.05, 4.69) is 68.8 Å². The number of hydrogen-bond acceptors (Lipinski definition) is 3. The van der Waals surface area contributed by atoms with Crippen molar-refractivity contribution in [2.24, 2.45) is 0 Å². The zero-order valence-corrected chi connectivity index (χ0v) is 16.4. The molecule has 0 saturated carbocycles. The van der Waals surface area contributed by atoms with E-state index in [1.165, 1.54) is 52.9 Å². The molecule has 2 aliphatic rings. The SMILES string of the molecule is CN1CCCC(c2nn(-c3ccc(I)cc3)c3c2CCCCN3)C1. The minimum absolute atomic E-state index is 0.572. The van der Waals surface area contributed by atoms with Gasteiger partial charge in [0.05, 0.1) is 11.4 Å². The number of benzene rings is 1. The van der Waals surface area contributed by atoms with Gasteiger partial charge in [0, 0.05) is 28.1 Å². The van der Waals surface area contributed by atoms with Gasteiger partial charge in [-0.3, -0.25) is 0 Å². The number of likely N-dealkylation sites (tertiary alicyclic amines) is 1. The lowest BCUT2D eigenvalue weighted by molar-refractivity contribution is 0.247. The largest absolute Gasteiger partial charge is 0.370 e. The molecule has 2 aliphatic heterocycles. The van der Waals surface area contributed by atoms with Crippen LogP contribution in [0.25, 0.3) is 5.69 Å². The van der Waals surface area contributed by atoms with Crippen molar-refractivity contribution in [3.8, 4) is 5.69 Å². The second-order valence-corrected chi connectivity index (χ2v) is 8.33. The van der Waals surface area contributed by atoms with E-state index < -0.39 is 0 Å². The highest BCUT2D eigenvalue weighted by Crippen LogP contribution is 2.35. The quantitative estimate of drug-likeness (QED) is 0.722. The number of nitrogens with zero attached hydrogens (tertiary/aromatic N) is 3. The monoisotopic (exact) mass is 436 g/mol. The van der Waals surface area contributed by atoms with Crippen LogP contribution in [0.15, 0.2) is 24.3 Å². The highest BCUT2D eigenvalue weighted by Gasteiger charge is 2.28. The van der Waals surface area contributed by atoms with Gasteiger partial charge in [-0.15, -0.1) is 0 Å². The Kier molecular flexibility index (Phi) is 4.81. The van der Waals surface area contributed by atoms with E-state index in [1.807, 2.05) is 0 Å².